The van der Waals surface area contributed by atoms with Gasteiger partial charge in [0.1, 0.15) is 44.3 Å². The van der Waals surface area contributed by atoms with Crippen LogP contribution in [0.2, 0.25) is 0 Å². The number of hydrogen-bond acceptors (Lipinski definition) is 14. The number of phenolic OH excluding ortho intramolecular Hbond substituents is 6. The van der Waals surface area contributed by atoms with E-state index in [-0.39, 0.29) is 102 Å². The van der Waals surface area contributed by atoms with E-state index < -0.39 is 29.5 Å². The molecular formula is C36H26Br6N2O12S3. The molecule has 0 radical (unpaired) electrons. The molecule has 14 nitrogen and oxygen atoms in total. The number of aromatic hydroxyl groups is 6. The van der Waals surface area contributed by atoms with E-state index in [4.69, 9.17) is 11.5 Å². The maximum Gasteiger partial charge on any atom is 0.211 e. The Hall–Kier alpha value is -3.55. The molecular weight excluding hydrogens is 1230 g/mol. The first-order valence-electron chi connectivity index (χ1n) is 15.5. The third-order valence-electron chi connectivity index (χ3n) is 7.48. The monoisotopic (exact) mass is 1250 g/mol. The molecule has 312 valence electrons. The minimum Gasteiger partial charge on any atom is -0.508 e. The lowest BCUT2D eigenvalue weighted by Crippen LogP contribution is -2.08. The largest absolute Gasteiger partial charge is 0.508 e. The van der Waals surface area contributed by atoms with Gasteiger partial charge in [-0.3, -0.25) is 0 Å². The van der Waals surface area contributed by atoms with Crippen LogP contribution in [-0.4, -0.2) is 55.9 Å². The zero-order chi connectivity index (χ0) is 44.4. The average molecular weight is 1250 g/mol. The molecule has 0 aliphatic carbocycles. The Balaban J connectivity index is 0.000000196. The van der Waals surface area contributed by atoms with Crippen LogP contribution in [0.4, 0.5) is 11.4 Å². The van der Waals surface area contributed by atoms with Crippen molar-refractivity contribution in [2.24, 2.45) is 0 Å². The fourth-order valence-electron chi connectivity index (χ4n) is 4.92. The molecule has 0 saturated heterocycles. The molecule has 0 aliphatic rings. The molecule has 23 heteroatoms. The van der Waals surface area contributed by atoms with Crippen LogP contribution >= 0.6 is 95.6 Å². The van der Waals surface area contributed by atoms with Crippen LogP contribution in [0, 0.1) is 0 Å². The molecule has 0 spiro atoms. The molecule has 6 aromatic carbocycles. The topological polar surface area (TPSA) is 276 Å². The Bertz CT molecular complexity index is 2600. The summed E-state index contributed by atoms with van der Waals surface area (Å²) >= 11 is 18.8. The molecule has 6 rings (SSSR count). The van der Waals surface area contributed by atoms with Crippen LogP contribution in [-0.2, 0) is 29.5 Å². The van der Waals surface area contributed by atoms with Crippen LogP contribution in [0.15, 0.2) is 153 Å². The van der Waals surface area contributed by atoms with Crippen molar-refractivity contribution in [3.63, 3.8) is 0 Å². The van der Waals surface area contributed by atoms with E-state index in [0.717, 1.165) is 12.1 Å². The predicted octanol–water partition coefficient (Wildman–Crippen LogP) is 9.53. The van der Waals surface area contributed by atoms with E-state index in [0.29, 0.717) is 0 Å². The lowest BCUT2D eigenvalue weighted by atomic mass is 10.3. The summed E-state index contributed by atoms with van der Waals surface area (Å²) in [5.41, 5.74) is 11.0. The molecule has 0 unspecified atom stereocenters. The van der Waals surface area contributed by atoms with Crippen LogP contribution in [0.5, 0.6) is 34.5 Å². The van der Waals surface area contributed by atoms with Crippen LogP contribution < -0.4 is 11.5 Å². The summed E-state index contributed by atoms with van der Waals surface area (Å²) in [5, 5.41) is 56.0. The second-order valence-corrected chi connectivity index (χ2v) is 22.4. The van der Waals surface area contributed by atoms with Gasteiger partial charge in [0.05, 0.1) is 31.0 Å². The van der Waals surface area contributed by atoms with E-state index >= 15 is 0 Å². The first-order chi connectivity index (χ1) is 27.3. The minimum atomic E-state index is -3.91. The number of nitrogens with two attached hydrogens (primary N) is 2. The highest BCUT2D eigenvalue weighted by molar-refractivity contribution is 9.11. The second-order valence-electron chi connectivity index (χ2n) is 11.7. The number of phenols is 6. The predicted molar refractivity (Wildman–Crippen MR) is 240 cm³/mol. The number of anilines is 2. The Kier molecular flexibility index (Phi) is 15.5. The van der Waals surface area contributed by atoms with Gasteiger partial charge < -0.3 is 42.1 Å². The Labute approximate surface area is 387 Å². The van der Waals surface area contributed by atoms with Gasteiger partial charge in [-0.25, -0.2) is 25.3 Å². The van der Waals surface area contributed by atoms with E-state index in [9.17, 15) is 55.9 Å². The van der Waals surface area contributed by atoms with Crippen molar-refractivity contribution in [3.8, 4) is 34.5 Å². The molecule has 0 aliphatic heterocycles. The highest BCUT2D eigenvalue weighted by Crippen LogP contribution is 2.43. The summed E-state index contributed by atoms with van der Waals surface area (Å²) in [6, 6.07) is 20.1. The Morgan fingerprint density at radius 2 is 0.559 bits per heavy atom. The van der Waals surface area contributed by atoms with Gasteiger partial charge in [0.2, 0.25) is 29.5 Å². The molecule has 0 heterocycles. The molecule has 0 amide bonds. The highest BCUT2D eigenvalue weighted by atomic mass is 79.9. The Morgan fingerprint density at radius 3 is 0.831 bits per heavy atom. The van der Waals surface area contributed by atoms with Crippen molar-refractivity contribution < 1.29 is 55.9 Å². The maximum atomic E-state index is 12.9. The quantitative estimate of drug-likeness (QED) is 0.0722. The van der Waals surface area contributed by atoms with Crippen molar-refractivity contribution in [2.45, 2.75) is 29.4 Å². The summed E-state index contributed by atoms with van der Waals surface area (Å²) in [6.07, 6.45) is 0. The van der Waals surface area contributed by atoms with Gasteiger partial charge in [-0.1, -0.05) is 0 Å². The fraction of sp³-hybridized carbons (Fsp3) is 0. The maximum absolute atomic E-state index is 12.9. The zero-order valence-electron chi connectivity index (χ0n) is 29.0. The molecule has 0 atom stereocenters. The number of sulfone groups is 3. The third-order valence-corrected chi connectivity index (χ3v) is 18.6. The SMILES string of the molecule is Nc1cc(O)ccc1S(=O)(=O)c1ccc(O)cc1N.O=S(=O)(c1c(Br)cc(O)cc1Br)c1c(Br)cc(O)cc1Br.O=S(=O)(c1ccc(O)cc1Br)c1ccc(O)cc1Br. The van der Waals surface area contributed by atoms with Crippen LogP contribution in [0.1, 0.15) is 0 Å². The summed E-state index contributed by atoms with van der Waals surface area (Å²) in [6.45, 7) is 0. The van der Waals surface area contributed by atoms with Crippen molar-refractivity contribution in [1.29, 1.82) is 0 Å². The van der Waals surface area contributed by atoms with Gasteiger partial charge in [-0.15, -0.1) is 0 Å². The summed E-state index contributed by atoms with van der Waals surface area (Å²) in [7, 11) is -11.6. The molecule has 6 aromatic rings. The normalized spacial score (nSPS) is 11.5. The fourth-order valence-corrected chi connectivity index (χ4v) is 16.1. The third kappa shape index (κ3) is 11.0. The molecule has 0 fully saturated rings. The summed E-state index contributed by atoms with van der Waals surface area (Å²) in [4.78, 5) is -0.265. The van der Waals surface area contributed by atoms with Gasteiger partial charge in [-0.05, 0) is 181 Å². The van der Waals surface area contributed by atoms with Gasteiger partial charge in [-0.2, -0.15) is 0 Å². The van der Waals surface area contributed by atoms with E-state index in [1.807, 2.05) is 0 Å². The first-order valence-corrected chi connectivity index (χ1v) is 24.7. The number of benzene rings is 6. The number of rotatable bonds is 6. The van der Waals surface area contributed by atoms with Crippen LogP contribution in [0.25, 0.3) is 0 Å². The second kappa shape index (κ2) is 19.0. The minimum absolute atomic E-state index is 0.0209. The molecule has 0 saturated carbocycles. The lowest BCUT2D eigenvalue weighted by Gasteiger charge is -2.13. The van der Waals surface area contributed by atoms with E-state index in [1.165, 1.54) is 84.9 Å². The number of nitrogen functional groups attached to an aromatic ring is 2. The smallest absolute Gasteiger partial charge is 0.211 e. The van der Waals surface area contributed by atoms with Gasteiger partial charge in [0, 0.05) is 39.0 Å². The zero-order valence-corrected chi connectivity index (χ0v) is 41.0. The molecule has 10 N–H and O–H groups in total. The van der Waals surface area contributed by atoms with Crippen molar-refractivity contribution in [2.75, 3.05) is 11.5 Å². The summed E-state index contributed by atoms with van der Waals surface area (Å²) in [5.74, 6) is -0.468. The Morgan fingerprint density at radius 1 is 0.322 bits per heavy atom. The van der Waals surface area contributed by atoms with Gasteiger partial charge in [0.15, 0.2) is 0 Å². The lowest BCUT2D eigenvalue weighted by molar-refractivity contribution is 0.473. The van der Waals surface area contributed by atoms with E-state index in [2.05, 4.69) is 95.6 Å². The van der Waals surface area contributed by atoms with Crippen molar-refractivity contribution in [1.82, 2.24) is 0 Å². The summed E-state index contributed by atoms with van der Waals surface area (Å²) < 4.78 is 76.8. The number of halogens is 6. The van der Waals surface area contributed by atoms with E-state index in [1.54, 1.807) is 0 Å². The number of hydrogen-bond donors (Lipinski definition) is 8. The van der Waals surface area contributed by atoms with Crippen molar-refractivity contribution in [3.05, 3.63) is 124 Å². The molecule has 0 bridgehead atoms. The molecule has 0 aromatic heterocycles. The molecule has 59 heavy (non-hydrogen) atoms. The average Bonchev–Trinajstić information content (AvgIpc) is 3.07. The standard InChI is InChI=1S/C12H6Br4O4S.C12H8Br2O4S.C12H12N2O4S/c13-7-1-5(17)2-8(14)11(7)21(19,20)12-9(15)3-6(18)4-10(12)16;2*13-9-5-7(15)1-3-11(9)19(17,18)12-4-2-8(16)6-10(12)14/h1-4,17-18H;1-6,15-16H;1-6,15-16H,13-14H2. The van der Waals surface area contributed by atoms with Crippen LogP contribution in [0.3, 0.4) is 0 Å². The highest BCUT2D eigenvalue weighted by Gasteiger charge is 2.29. The van der Waals surface area contributed by atoms with Gasteiger partial charge >= 0.3 is 0 Å². The first kappa shape index (κ1) is 48.1. The van der Waals surface area contributed by atoms with Crippen molar-refractivity contribution >= 4 is 136 Å². The van der Waals surface area contributed by atoms with Gasteiger partial charge in [0.25, 0.3) is 0 Å².